The van der Waals surface area contributed by atoms with E-state index in [-0.39, 0.29) is 6.03 Å². The molecule has 0 bridgehead atoms. The van der Waals surface area contributed by atoms with Crippen molar-refractivity contribution in [1.82, 2.24) is 9.91 Å². The highest BCUT2D eigenvalue weighted by Gasteiger charge is 2.12. The van der Waals surface area contributed by atoms with Gasteiger partial charge in [-0.05, 0) is 20.8 Å². The SMILES string of the molecule is CCN(N)C(=O)N(CC)CC. The summed E-state index contributed by atoms with van der Waals surface area (Å²) >= 11 is 0. The number of amides is 2. The third-order valence-electron chi connectivity index (χ3n) is 1.62. The standard InChI is InChI=1S/C7H17N3O/c1-4-9(5-2)7(11)10(8)6-3/h4-6,8H2,1-3H3. The molecule has 0 spiro atoms. The lowest BCUT2D eigenvalue weighted by Gasteiger charge is -2.24. The van der Waals surface area contributed by atoms with Gasteiger partial charge in [0, 0.05) is 19.6 Å². The molecule has 0 fully saturated rings. The first-order chi connectivity index (χ1) is 5.17. The van der Waals surface area contributed by atoms with E-state index in [9.17, 15) is 4.79 Å². The molecule has 11 heavy (non-hydrogen) atoms. The van der Waals surface area contributed by atoms with Crippen molar-refractivity contribution in [1.29, 1.82) is 0 Å². The van der Waals surface area contributed by atoms with Crippen LogP contribution in [0, 0.1) is 0 Å². The van der Waals surface area contributed by atoms with Gasteiger partial charge in [0.15, 0.2) is 0 Å². The minimum Gasteiger partial charge on any atom is -0.324 e. The van der Waals surface area contributed by atoms with Gasteiger partial charge in [-0.25, -0.2) is 10.6 Å². The number of hydrogen-bond acceptors (Lipinski definition) is 2. The highest BCUT2D eigenvalue weighted by molar-refractivity contribution is 5.73. The van der Waals surface area contributed by atoms with Crippen LogP contribution in [0.1, 0.15) is 20.8 Å². The molecular weight excluding hydrogens is 142 g/mol. The number of rotatable bonds is 3. The Morgan fingerprint density at radius 3 is 1.91 bits per heavy atom. The summed E-state index contributed by atoms with van der Waals surface area (Å²) in [7, 11) is 0. The summed E-state index contributed by atoms with van der Waals surface area (Å²) in [5.74, 6) is 5.41. The monoisotopic (exact) mass is 159 g/mol. The molecule has 0 saturated heterocycles. The molecule has 0 aromatic heterocycles. The van der Waals surface area contributed by atoms with E-state index < -0.39 is 0 Å². The summed E-state index contributed by atoms with van der Waals surface area (Å²) < 4.78 is 0. The van der Waals surface area contributed by atoms with E-state index in [1.165, 1.54) is 5.01 Å². The molecule has 4 heteroatoms. The van der Waals surface area contributed by atoms with Crippen LogP contribution in [0.2, 0.25) is 0 Å². The first kappa shape index (κ1) is 10.2. The van der Waals surface area contributed by atoms with E-state index in [2.05, 4.69) is 0 Å². The first-order valence-corrected chi connectivity index (χ1v) is 3.98. The van der Waals surface area contributed by atoms with Crippen LogP contribution in [0.3, 0.4) is 0 Å². The van der Waals surface area contributed by atoms with E-state index in [4.69, 9.17) is 5.84 Å². The molecule has 2 amide bonds. The van der Waals surface area contributed by atoms with Crippen LogP contribution >= 0.6 is 0 Å². The summed E-state index contributed by atoms with van der Waals surface area (Å²) in [6, 6.07) is -0.0995. The second-order valence-electron chi connectivity index (χ2n) is 2.24. The van der Waals surface area contributed by atoms with Crippen LogP contribution in [0.4, 0.5) is 4.79 Å². The van der Waals surface area contributed by atoms with Crippen molar-refractivity contribution in [2.75, 3.05) is 19.6 Å². The zero-order chi connectivity index (χ0) is 8.85. The van der Waals surface area contributed by atoms with Crippen molar-refractivity contribution in [3.05, 3.63) is 0 Å². The molecule has 0 heterocycles. The van der Waals surface area contributed by atoms with Crippen molar-refractivity contribution >= 4 is 6.03 Å². The number of carbonyl (C=O) groups excluding carboxylic acids is 1. The van der Waals surface area contributed by atoms with Gasteiger partial charge in [0.25, 0.3) is 0 Å². The van der Waals surface area contributed by atoms with Gasteiger partial charge >= 0.3 is 6.03 Å². The Bertz CT molecular complexity index is 123. The van der Waals surface area contributed by atoms with Crippen LogP contribution in [0.15, 0.2) is 0 Å². The Labute approximate surface area is 67.9 Å². The Morgan fingerprint density at radius 1 is 1.18 bits per heavy atom. The van der Waals surface area contributed by atoms with E-state index in [1.54, 1.807) is 4.90 Å². The summed E-state index contributed by atoms with van der Waals surface area (Å²) in [6.07, 6.45) is 0. The molecule has 0 aliphatic rings. The second-order valence-corrected chi connectivity index (χ2v) is 2.24. The lowest BCUT2D eigenvalue weighted by molar-refractivity contribution is 0.160. The third kappa shape index (κ3) is 2.76. The molecule has 0 aromatic rings. The number of nitrogens with zero attached hydrogens (tertiary/aromatic N) is 2. The average molecular weight is 159 g/mol. The minimum atomic E-state index is -0.0995. The third-order valence-corrected chi connectivity index (χ3v) is 1.62. The van der Waals surface area contributed by atoms with Crippen molar-refractivity contribution in [2.45, 2.75) is 20.8 Å². The molecule has 0 saturated carbocycles. The smallest absolute Gasteiger partial charge is 0.324 e. The maximum absolute atomic E-state index is 11.3. The van der Waals surface area contributed by atoms with E-state index in [1.807, 2.05) is 20.8 Å². The second kappa shape index (κ2) is 4.96. The van der Waals surface area contributed by atoms with Crippen molar-refractivity contribution in [3.63, 3.8) is 0 Å². The molecule has 0 aliphatic carbocycles. The summed E-state index contributed by atoms with van der Waals surface area (Å²) in [4.78, 5) is 12.9. The van der Waals surface area contributed by atoms with Crippen molar-refractivity contribution in [3.8, 4) is 0 Å². The molecule has 2 N–H and O–H groups in total. The molecule has 0 atom stereocenters. The number of hydrogen-bond donors (Lipinski definition) is 1. The molecule has 0 radical (unpaired) electrons. The zero-order valence-electron chi connectivity index (χ0n) is 7.50. The molecule has 66 valence electrons. The Kier molecular flexibility index (Phi) is 4.61. The fourth-order valence-electron chi connectivity index (χ4n) is 0.811. The van der Waals surface area contributed by atoms with Crippen LogP contribution in [-0.4, -0.2) is 35.6 Å². The zero-order valence-corrected chi connectivity index (χ0v) is 7.50. The Morgan fingerprint density at radius 2 is 1.64 bits per heavy atom. The van der Waals surface area contributed by atoms with Gasteiger partial charge in [-0.3, -0.25) is 5.01 Å². The number of hydrazine groups is 1. The molecular formula is C7H17N3O. The summed E-state index contributed by atoms with van der Waals surface area (Å²) in [6.45, 7) is 7.69. The van der Waals surface area contributed by atoms with Crippen LogP contribution < -0.4 is 5.84 Å². The van der Waals surface area contributed by atoms with Gasteiger partial charge in [-0.2, -0.15) is 0 Å². The van der Waals surface area contributed by atoms with E-state index >= 15 is 0 Å². The number of nitrogens with two attached hydrogens (primary N) is 1. The number of carbonyl (C=O) groups is 1. The molecule has 0 rings (SSSR count). The number of urea groups is 1. The van der Waals surface area contributed by atoms with Gasteiger partial charge in [0.1, 0.15) is 0 Å². The van der Waals surface area contributed by atoms with Crippen molar-refractivity contribution in [2.24, 2.45) is 5.84 Å². The maximum Gasteiger partial charge on any atom is 0.334 e. The van der Waals surface area contributed by atoms with Gasteiger partial charge < -0.3 is 4.90 Å². The predicted molar refractivity (Wildman–Crippen MR) is 44.9 cm³/mol. The Balaban J connectivity index is 3.97. The van der Waals surface area contributed by atoms with Crippen LogP contribution in [0.25, 0.3) is 0 Å². The topological polar surface area (TPSA) is 49.6 Å². The largest absolute Gasteiger partial charge is 0.334 e. The first-order valence-electron chi connectivity index (χ1n) is 3.98. The molecule has 0 unspecified atom stereocenters. The van der Waals surface area contributed by atoms with E-state index in [0.717, 1.165) is 0 Å². The fraction of sp³-hybridized carbons (Fsp3) is 0.857. The van der Waals surface area contributed by atoms with Gasteiger partial charge in [-0.15, -0.1) is 0 Å². The van der Waals surface area contributed by atoms with Crippen LogP contribution in [-0.2, 0) is 0 Å². The molecule has 4 nitrogen and oxygen atoms in total. The lowest BCUT2D eigenvalue weighted by atomic mass is 10.5. The van der Waals surface area contributed by atoms with Crippen molar-refractivity contribution < 1.29 is 4.79 Å². The predicted octanol–water partition coefficient (Wildman–Crippen LogP) is 0.644. The Hall–Kier alpha value is -0.770. The molecule has 0 aromatic carbocycles. The van der Waals surface area contributed by atoms with E-state index in [0.29, 0.717) is 19.6 Å². The minimum absolute atomic E-state index is 0.0995. The van der Waals surface area contributed by atoms with Gasteiger partial charge in [0.2, 0.25) is 0 Å². The highest BCUT2D eigenvalue weighted by Crippen LogP contribution is 1.92. The molecule has 0 aliphatic heterocycles. The van der Waals surface area contributed by atoms with Crippen LogP contribution in [0.5, 0.6) is 0 Å². The fourth-order valence-corrected chi connectivity index (χ4v) is 0.811. The summed E-state index contributed by atoms with van der Waals surface area (Å²) in [5, 5.41) is 1.22. The van der Waals surface area contributed by atoms with Gasteiger partial charge in [-0.1, -0.05) is 0 Å². The highest BCUT2D eigenvalue weighted by atomic mass is 16.2. The quantitative estimate of drug-likeness (QED) is 0.373. The van der Waals surface area contributed by atoms with Gasteiger partial charge in [0.05, 0.1) is 0 Å². The lowest BCUT2D eigenvalue weighted by Crippen LogP contribution is -2.46. The summed E-state index contributed by atoms with van der Waals surface area (Å²) in [5.41, 5.74) is 0. The normalized spacial score (nSPS) is 9.45. The maximum atomic E-state index is 11.3. The average Bonchev–Trinajstić information content (AvgIpc) is 2.05.